The van der Waals surface area contributed by atoms with E-state index in [1.807, 2.05) is 6.92 Å². The van der Waals surface area contributed by atoms with Gasteiger partial charge in [-0.2, -0.15) is 15.4 Å². The van der Waals surface area contributed by atoms with Gasteiger partial charge in [-0.3, -0.25) is 4.79 Å². The topological polar surface area (TPSA) is 103 Å². The lowest BCUT2D eigenvalue weighted by Crippen LogP contribution is -2.13. The van der Waals surface area contributed by atoms with Gasteiger partial charge in [-0.25, -0.2) is 0 Å². The smallest absolute Gasteiger partial charge is 0.271 e. The molecular weight excluding hydrogens is 364 g/mol. The van der Waals surface area contributed by atoms with Crippen molar-refractivity contribution in [3.8, 4) is 22.8 Å². The number of nitrogens with one attached hydrogen (secondary N) is 1. The molecule has 0 atom stereocenters. The van der Waals surface area contributed by atoms with Gasteiger partial charge in [0.2, 0.25) is 0 Å². The Labute approximate surface area is 142 Å². The Hall–Kier alpha value is -2.09. The second-order valence-corrected chi connectivity index (χ2v) is 5.65. The molecule has 1 aromatic carbocycles. The van der Waals surface area contributed by atoms with Crippen LogP contribution in [0.15, 0.2) is 16.6 Å². The first-order valence-corrected chi connectivity index (χ1v) is 8.17. The summed E-state index contributed by atoms with van der Waals surface area (Å²) in [6.45, 7) is 5.09. The van der Waals surface area contributed by atoms with Crippen molar-refractivity contribution in [1.29, 1.82) is 0 Å². The van der Waals surface area contributed by atoms with Gasteiger partial charge in [0.05, 0.1) is 13.2 Å². The van der Waals surface area contributed by atoms with E-state index in [2.05, 4.69) is 38.3 Å². The second kappa shape index (κ2) is 7.96. The third-order valence-corrected chi connectivity index (χ3v) is 3.78. The first-order chi connectivity index (χ1) is 11.1. The molecule has 124 valence electrons. The first-order valence-electron chi connectivity index (χ1n) is 7.38. The monoisotopic (exact) mass is 382 g/mol. The van der Waals surface area contributed by atoms with Gasteiger partial charge in [-0.05, 0) is 41.4 Å². The fraction of sp³-hybridized carbons (Fsp3) is 0.400. The van der Waals surface area contributed by atoms with Gasteiger partial charge < -0.3 is 15.2 Å². The highest BCUT2D eigenvalue weighted by Crippen LogP contribution is 2.39. The largest absolute Gasteiger partial charge is 0.490 e. The van der Waals surface area contributed by atoms with Gasteiger partial charge in [0.1, 0.15) is 5.69 Å². The minimum Gasteiger partial charge on any atom is -0.490 e. The molecule has 0 saturated heterocycles. The van der Waals surface area contributed by atoms with E-state index in [0.717, 1.165) is 12.8 Å². The van der Waals surface area contributed by atoms with Crippen LogP contribution in [0.3, 0.4) is 0 Å². The number of H-pyrrole nitrogens is 1. The van der Waals surface area contributed by atoms with E-state index in [-0.39, 0.29) is 5.69 Å². The quantitative estimate of drug-likeness (QED) is 0.683. The van der Waals surface area contributed by atoms with Crippen LogP contribution in [0, 0.1) is 0 Å². The maximum absolute atomic E-state index is 11.4. The zero-order valence-corrected chi connectivity index (χ0v) is 14.6. The number of carbonyl (C=O) groups excluding carboxylic acids is 1. The Kier molecular flexibility index (Phi) is 5.97. The highest BCUT2D eigenvalue weighted by Gasteiger charge is 2.20. The normalized spacial score (nSPS) is 10.6. The van der Waals surface area contributed by atoms with E-state index in [1.54, 1.807) is 12.1 Å². The van der Waals surface area contributed by atoms with E-state index >= 15 is 0 Å². The Bertz CT molecular complexity index is 687. The van der Waals surface area contributed by atoms with Crippen molar-refractivity contribution in [2.75, 3.05) is 13.2 Å². The Morgan fingerprint density at radius 3 is 2.65 bits per heavy atom. The molecule has 3 N–H and O–H groups in total. The summed E-state index contributed by atoms with van der Waals surface area (Å²) >= 11 is 3.48. The van der Waals surface area contributed by atoms with E-state index < -0.39 is 5.91 Å². The van der Waals surface area contributed by atoms with Crippen molar-refractivity contribution >= 4 is 21.8 Å². The number of nitrogens with zero attached hydrogens (tertiary/aromatic N) is 2. The van der Waals surface area contributed by atoms with Crippen LogP contribution in [0.5, 0.6) is 11.5 Å². The summed E-state index contributed by atoms with van der Waals surface area (Å²) in [5.41, 5.74) is 6.42. The number of unbranched alkanes of at least 4 members (excludes halogenated alkanes) is 1. The van der Waals surface area contributed by atoms with E-state index in [0.29, 0.717) is 40.4 Å². The van der Waals surface area contributed by atoms with Crippen LogP contribution in [0.4, 0.5) is 0 Å². The minimum absolute atomic E-state index is 0.0767. The second-order valence-electron chi connectivity index (χ2n) is 4.80. The average molecular weight is 383 g/mol. The van der Waals surface area contributed by atoms with Crippen LogP contribution in [0.25, 0.3) is 11.3 Å². The lowest BCUT2D eigenvalue weighted by molar-refractivity contribution is 0.0996. The van der Waals surface area contributed by atoms with E-state index in [9.17, 15) is 4.79 Å². The van der Waals surface area contributed by atoms with Gasteiger partial charge in [-0.1, -0.05) is 13.3 Å². The highest BCUT2D eigenvalue weighted by molar-refractivity contribution is 9.10. The molecule has 0 aliphatic heterocycles. The van der Waals surface area contributed by atoms with Gasteiger partial charge in [0.25, 0.3) is 5.91 Å². The fourth-order valence-electron chi connectivity index (χ4n) is 2.01. The summed E-state index contributed by atoms with van der Waals surface area (Å²) in [6, 6.07) is 3.56. The molecule has 0 saturated carbocycles. The summed E-state index contributed by atoms with van der Waals surface area (Å²) in [5, 5.41) is 10.2. The number of amides is 1. The summed E-state index contributed by atoms with van der Waals surface area (Å²) in [7, 11) is 0. The van der Waals surface area contributed by atoms with E-state index in [4.69, 9.17) is 15.2 Å². The van der Waals surface area contributed by atoms with Crippen molar-refractivity contribution in [2.45, 2.75) is 26.7 Å². The number of halogens is 1. The van der Waals surface area contributed by atoms with Crippen LogP contribution in [0.1, 0.15) is 37.2 Å². The molecule has 2 rings (SSSR count). The number of aromatic amines is 1. The van der Waals surface area contributed by atoms with Gasteiger partial charge in [-0.15, -0.1) is 0 Å². The molecule has 0 bridgehead atoms. The summed E-state index contributed by atoms with van der Waals surface area (Å²) in [6.07, 6.45) is 2.00. The van der Waals surface area contributed by atoms with Crippen molar-refractivity contribution in [3.63, 3.8) is 0 Å². The zero-order valence-electron chi connectivity index (χ0n) is 13.1. The van der Waals surface area contributed by atoms with Crippen LogP contribution in [-0.4, -0.2) is 34.5 Å². The highest BCUT2D eigenvalue weighted by atomic mass is 79.9. The SMILES string of the molecule is CCCCOc1cc(Br)c(-c2n[nH]nc2C(N)=O)cc1OCC. The van der Waals surface area contributed by atoms with Gasteiger partial charge in [0, 0.05) is 10.0 Å². The fourth-order valence-corrected chi connectivity index (χ4v) is 2.52. The molecule has 0 radical (unpaired) electrons. The molecule has 1 aromatic heterocycles. The average Bonchev–Trinajstić information content (AvgIpc) is 2.99. The third kappa shape index (κ3) is 4.01. The lowest BCUT2D eigenvalue weighted by Gasteiger charge is -2.14. The van der Waals surface area contributed by atoms with Crippen LogP contribution >= 0.6 is 15.9 Å². The minimum atomic E-state index is -0.651. The maximum Gasteiger partial charge on any atom is 0.271 e. The predicted octanol–water partition coefficient (Wildman–Crippen LogP) is 2.91. The first kappa shape index (κ1) is 17.3. The molecule has 7 nitrogen and oxygen atoms in total. The van der Waals surface area contributed by atoms with Crippen LogP contribution in [-0.2, 0) is 0 Å². The van der Waals surface area contributed by atoms with Crippen molar-refractivity contribution in [2.24, 2.45) is 5.73 Å². The number of hydrogen-bond donors (Lipinski definition) is 2. The number of nitrogens with two attached hydrogens (primary N) is 1. The van der Waals surface area contributed by atoms with Crippen LogP contribution in [0.2, 0.25) is 0 Å². The number of rotatable bonds is 8. The number of carbonyl (C=O) groups is 1. The molecule has 2 aromatic rings. The molecule has 1 heterocycles. The number of primary amides is 1. The van der Waals surface area contributed by atoms with Crippen molar-refractivity contribution in [3.05, 3.63) is 22.3 Å². The number of hydrogen-bond acceptors (Lipinski definition) is 5. The lowest BCUT2D eigenvalue weighted by atomic mass is 10.1. The Morgan fingerprint density at radius 1 is 1.26 bits per heavy atom. The third-order valence-electron chi connectivity index (χ3n) is 3.13. The predicted molar refractivity (Wildman–Crippen MR) is 89.6 cm³/mol. The molecule has 1 amide bonds. The van der Waals surface area contributed by atoms with Crippen molar-refractivity contribution < 1.29 is 14.3 Å². The molecule has 0 aliphatic rings. The molecule has 0 unspecified atom stereocenters. The van der Waals surface area contributed by atoms with E-state index in [1.165, 1.54) is 0 Å². The zero-order chi connectivity index (χ0) is 16.8. The Morgan fingerprint density at radius 2 is 2.00 bits per heavy atom. The molecule has 0 aliphatic carbocycles. The van der Waals surface area contributed by atoms with Gasteiger partial charge >= 0.3 is 0 Å². The number of aromatic nitrogens is 3. The molecule has 0 spiro atoms. The standard InChI is InChI=1S/C15H19BrN4O3/c1-3-5-6-23-12-8-10(16)9(7-11(12)22-4-2)13-14(15(17)21)19-20-18-13/h7-8H,3-6H2,1-2H3,(H2,17,21)(H,18,19,20). The summed E-state index contributed by atoms with van der Waals surface area (Å²) in [5.74, 6) is 0.571. The molecule has 0 fully saturated rings. The summed E-state index contributed by atoms with van der Waals surface area (Å²) < 4.78 is 12.1. The number of benzene rings is 1. The molecule has 8 heteroatoms. The van der Waals surface area contributed by atoms with Gasteiger partial charge in [0.15, 0.2) is 17.2 Å². The maximum atomic E-state index is 11.4. The molecular formula is C15H19BrN4O3. The molecule has 23 heavy (non-hydrogen) atoms. The summed E-state index contributed by atoms with van der Waals surface area (Å²) in [4.78, 5) is 11.4. The van der Waals surface area contributed by atoms with Crippen LogP contribution < -0.4 is 15.2 Å². The van der Waals surface area contributed by atoms with Crippen molar-refractivity contribution in [1.82, 2.24) is 15.4 Å². The number of ether oxygens (including phenoxy) is 2. The Balaban J connectivity index is 2.43.